The average Bonchev–Trinajstić information content (AvgIpc) is 2.76. The molecule has 0 aliphatic rings. The van der Waals surface area contributed by atoms with E-state index in [0.717, 1.165) is 11.8 Å². The second-order valence-electron chi connectivity index (χ2n) is 7.79. The molecule has 0 aliphatic carbocycles. The van der Waals surface area contributed by atoms with Gasteiger partial charge in [0, 0.05) is 11.6 Å². The number of hydrogen-bond acceptors (Lipinski definition) is 6. The summed E-state index contributed by atoms with van der Waals surface area (Å²) in [5, 5.41) is 3.43. The highest BCUT2D eigenvalue weighted by Gasteiger charge is 2.24. The zero-order chi connectivity index (χ0) is 24.4. The average molecular weight is 499 g/mol. The van der Waals surface area contributed by atoms with Gasteiger partial charge < -0.3 is 19.5 Å². The van der Waals surface area contributed by atoms with E-state index in [0.29, 0.717) is 48.5 Å². The Morgan fingerprint density at radius 1 is 1.03 bits per heavy atom. The van der Waals surface area contributed by atoms with Crippen LogP contribution in [0.2, 0.25) is 5.02 Å². The highest BCUT2D eigenvalue weighted by molar-refractivity contribution is 7.88. The summed E-state index contributed by atoms with van der Waals surface area (Å²) in [7, 11) is -1.93. The summed E-state index contributed by atoms with van der Waals surface area (Å²) in [6.45, 7) is 4.61. The van der Waals surface area contributed by atoms with E-state index in [4.69, 9.17) is 25.8 Å². The van der Waals surface area contributed by atoms with Crippen LogP contribution in [0.1, 0.15) is 19.4 Å². The quantitative estimate of drug-likeness (QED) is 0.411. The van der Waals surface area contributed by atoms with Crippen molar-refractivity contribution in [1.29, 1.82) is 0 Å². The van der Waals surface area contributed by atoms with Crippen LogP contribution in [0.4, 0.5) is 0 Å². The smallest absolute Gasteiger partial charge is 0.238 e. The number of ether oxygens (including phenoxy) is 3. The van der Waals surface area contributed by atoms with Crippen molar-refractivity contribution in [2.45, 2.75) is 26.3 Å². The largest absolute Gasteiger partial charge is 0.493 e. The maximum Gasteiger partial charge on any atom is 0.238 e. The van der Waals surface area contributed by atoms with E-state index < -0.39 is 16.1 Å². The zero-order valence-corrected chi connectivity index (χ0v) is 20.8. The van der Waals surface area contributed by atoms with Crippen molar-refractivity contribution in [2.75, 3.05) is 33.1 Å². The van der Waals surface area contributed by atoms with Gasteiger partial charge in [0.15, 0.2) is 11.5 Å². The van der Waals surface area contributed by atoms with Gasteiger partial charge in [-0.25, -0.2) is 13.1 Å². The van der Waals surface area contributed by atoms with E-state index in [1.165, 1.54) is 0 Å². The molecule has 2 rings (SSSR count). The van der Waals surface area contributed by atoms with E-state index in [1.807, 2.05) is 12.1 Å². The number of nitrogens with one attached hydrogen (secondary N) is 2. The van der Waals surface area contributed by atoms with Crippen LogP contribution in [0.15, 0.2) is 42.5 Å². The van der Waals surface area contributed by atoms with Crippen molar-refractivity contribution in [2.24, 2.45) is 5.92 Å². The third-order valence-electron chi connectivity index (χ3n) is 4.65. The fourth-order valence-electron chi connectivity index (χ4n) is 2.99. The molecule has 1 unspecified atom stereocenters. The fraction of sp³-hybridized carbons (Fsp3) is 0.435. The number of rotatable bonds is 13. The molecule has 0 saturated heterocycles. The van der Waals surface area contributed by atoms with Gasteiger partial charge in [0.1, 0.15) is 25.0 Å². The number of halogens is 1. The van der Waals surface area contributed by atoms with Gasteiger partial charge in [-0.1, -0.05) is 31.5 Å². The van der Waals surface area contributed by atoms with Crippen molar-refractivity contribution in [1.82, 2.24) is 10.0 Å². The van der Waals surface area contributed by atoms with Crippen LogP contribution in [-0.2, 0) is 21.2 Å². The monoisotopic (exact) mass is 498 g/mol. The van der Waals surface area contributed by atoms with Gasteiger partial charge in [0.2, 0.25) is 15.9 Å². The molecule has 0 fully saturated rings. The Labute approximate surface area is 200 Å². The van der Waals surface area contributed by atoms with Gasteiger partial charge in [-0.3, -0.25) is 4.79 Å². The lowest BCUT2D eigenvalue weighted by atomic mass is 10.0. The zero-order valence-electron chi connectivity index (χ0n) is 19.3. The molecule has 10 heteroatoms. The summed E-state index contributed by atoms with van der Waals surface area (Å²) in [5.74, 6) is 1.33. The van der Waals surface area contributed by atoms with E-state index in [2.05, 4.69) is 10.0 Å². The number of carbonyl (C=O) groups is 1. The fourth-order valence-corrected chi connectivity index (χ4v) is 3.96. The van der Waals surface area contributed by atoms with Crippen LogP contribution in [0, 0.1) is 5.92 Å². The first-order chi connectivity index (χ1) is 15.6. The maximum absolute atomic E-state index is 12.4. The topological polar surface area (TPSA) is 103 Å². The van der Waals surface area contributed by atoms with Crippen molar-refractivity contribution in [3.05, 3.63) is 53.1 Å². The molecule has 182 valence electrons. The molecule has 33 heavy (non-hydrogen) atoms. The molecule has 1 amide bonds. The van der Waals surface area contributed by atoms with Gasteiger partial charge >= 0.3 is 0 Å². The normalized spacial score (nSPS) is 12.3. The van der Waals surface area contributed by atoms with Crippen LogP contribution in [0.3, 0.4) is 0 Å². The third kappa shape index (κ3) is 9.49. The Morgan fingerprint density at radius 3 is 2.30 bits per heavy atom. The molecular weight excluding hydrogens is 468 g/mol. The van der Waals surface area contributed by atoms with Crippen LogP contribution < -0.4 is 24.2 Å². The summed E-state index contributed by atoms with van der Waals surface area (Å²) in [5.41, 5.74) is 0.939. The minimum Gasteiger partial charge on any atom is -0.493 e. The number of methoxy groups -OCH3 is 1. The lowest BCUT2D eigenvalue weighted by Gasteiger charge is -2.20. The third-order valence-corrected chi connectivity index (χ3v) is 5.59. The Balaban J connectivity index is 1.84. The Kier molecular flexibility index (Phi) is 10.3. The van der Waals surface area contributed by atoms with Gasteiger partial charge in [-0.15, -0.1) is 0 Å². The highest BCUT2D eigenvalue weighted by atomic mass is 35.5. The molecule has 0 aromatic heterocycles. The number of benzene rings is 2. The van der Waals surface area contributed by atoms with Crippen LogP contribution >= 0.6 is 11.6 Å². The number of carbonyl (C=O) groups excluding carboxylic acids is 1. The number of hydrogen-bond donors (Lipinski definition) is 2. The van der Waals surface area contributed by atoms with Crippen molar-refractivity contribution in [3.8, 4) is 17.2 Å². The Bertz CT molecular complexity index is 1010. The Hall–Kier alpha value is -2.49. The standard InChI is InChI=1S/C23H31ClN2O6S/c1-16(2)22(26-33(4,28)29)23(27)25-12-11-17-5-10-20(21(15-17)30-3)32-14-13-31-19-8-6-18(24)7-9-19/h5-10,15-16,22,26H,11-14H2,1-4H3,(H,25,27). The lowest BCUT2D eigenvalue weighted by molar-refractivity contribution is -0.123. The van der Waals surface area contributed by atoms with E-state index in [1.54, 1.807) is 51.3 Å². The molecule has 2 N–H and O–H groups in total. The minimum absolute atomic E-state index is 0.181. The van der Waals surface area contributed by atoms with Gasteiger partial charge in [-0.2, -0.15) is 0 Å². The Morgan fingerprint density at radius 2 is 1.70 bits per heavy atom. The first-order valence-corrected chi connectivity index (χ1v) is 12.8. The van der Waals surface area contributed by atoms with Crippen molar-refractivity contribution >= 4 is 27.5 Å². The summed E-state index contributed by atoms with van der Waals surface area (Å²) >= 11 is 5.86. The summed E-state index contributed by atoms with van der Waals surface area (Å²) in [6.07, 6.45) is 1.58. The molecule has 0 heterocycles. The predicted molar refractivity (Wildman–Crippen MR) is 129 cm³/mol. The van der Waals surface area contributed by atoms with Crippen LogP contribution in [0.25, 0.3) is 0 Å². The molecule has 1 atom stereocenters. The van der Waals surface area contributed by atoms with Gasteiger partial charge in [-0.05, 0) is 54.3 Å². The summed E-state index contributed by atoms with van der Waals surface area (Å²) < 4.78 is 42.2. The van der Waals surface area contributed by atoms with Gasteiger partial charge in [0.05, 0.1) is 13.4 Å². The predicted octanol–water partition coefficient (Wildman–Crippen LogP) is 3.04. The first-order valence-electron chi connectivity index (χ1n) is 10.5. The number of sulfonamides is 1. The number of amides is 1. The highest BCUT2D eigenvalue weighted by Crippen LogP contribution is 2.28. The van der Waals surface area contributed by atoms with Crippen LogP contribution in [-0.4, -0.2) is 53.5 Å². The molecule has 8 nitrogen and oxygen atoms in total. The molecule has 0 aliphatic heterocycles. The maximum atomic E-state index is 12.4. The van der Waals surface area contributed by atoms with Crippen LogP contribution in [0.5, 0.6) is 17.2 Å². The SMILES string of the molecule is COc1cc(CCNC(=O)C(NS(C)(=O)=O)C(C)C)ccc1OCCOc1ccc(Cl)cc1. The van der Waals surface area contributed by atoms with E-state index in [9.17, 15) is 13.2 Å². The van der Waals surface area contributed by atoms with Crippen molar-refractivity contribution in [3.63, 3.8) is 0 Å². The molecule has 0 saturated carbocycles. The molecule has 0 radical (unpaired) electrons. The van der Waals surface area contributed by atoms with E-state index >= 15 is 0 Å². The van der Waals surface area contributed by atoms with Crippen molar-refractivity contribution < 1.29 is 27.4 Å². The molecule has 0 bridgehead atoms. The molecular formula is C23H31ClN2O6S. The molecule has 2 aromatic carbocycles. The molecule has 2 aromatic rings. The second-order valence-corrected chi connectivity index (χ2v) is 10.0. The molecule has 0 spiro atoms. The summed E-state index contributed by atoms with van der Waals surface area (Å²) in [6, 6.07) is 11.8. The second kappa shape index (κ2) is 12.7. The van der Waals surface area contributed by atoms with E-state index in [-0.39, 0.29) is 11.8 Å². The van der Waals surface area contributed by atoms with Gasteiger partial charge in [0.25, 0.3) is 0 Å². The minimum atomic E-state index is -3.49. The summed E-state index contributed by atoms with van der Waals surface area (Å²) in [4.78, 5) is 12.4. The first kappa shape index (κ1) is 26.8. The lowest BCUT2D eigenvalue weighted by Crippen LogP contribution is -2.49.